The summed E-state index contributed by atoms with van der Waals surface area (Å²) in [5.41, 5.74) is 1.41. The average molecular weight is 617 g/mol. The number of carbonyl (C=O) groups is 2. The third-order valence-corrected chi connectivity index (χ3v) is 10.9. The van der Waals surface area contributed by atoms with Crippen molar-refractivity contribution in [3.63, 3.8) is 0 Å². The van der Waals surface area contributed by atoms with Crippen LogP contribution in [0.5, 0.6) is 0 Å². The van der Waals surface area contributed by atoms with E-state index in [4.69, 9.17) is 23.8 Å². The summed E-state index contributed by atoms with van der Waals surface area (Å²) in [6, 6.07) is 7.97. The van der Waals surface area contributed by atoms with Gasteiger partial charge in [-0.05, 0) is 76.0 Å². The molecule has 2 heterocycles. The van der Waals surface area contributed by atoms with Gasteiger partial charge in [0.2, 0.25) is 11.8 Å². The Morgan fingerprint density at radius 2 is 1.60 bits per heavy atom. The number of likely N-dealkylation sites (tertiary alicyclic amines) is 2. The maximum Gasteiger partial charge on any atom is 0.228 e. The Labute approximate surface area is 265 Å². The fourth-order valence-electron chi connectivity index (χ4n) is 7.27. The molecule has 0 spiro atoms. The third-order valence-electron chi connectivity index (χ3n) is 10.0. The van der Waals surface area contributed by atoms with E-state index in [1.54, 1.807) is 0 Å². The van der Waals surface area contributed by atoms with Crippen molar-refractivity contribution in [2.24, 2.45) is 17.3 Å². The van der Waals surface area contributed by atoms with E-state index in [1.807, 2.05) is 49.9 Å². The fraction of sp³-hybridized carbons (Fsp3) is 0.735. The molecule has 2 aliphatic heterocycles. The first-order valence-electron chi connectivity index (χ1n) is 15.8. The van der Waals surface area contributed by atoms with Gasteiger partial charge in [0.1, 0.15) is 4.99 Å². The predicted molar refractivity (Wildman–Crippen MR) is 177 cm³/mol. The Hall–Kier alpha value is -1.70. The topological polar surface area (TPSA) is 47.1 Å². The zero-order chi connectivity index (χ0) is 31.1. The van der Waals surface area contributed by atoms with Gasteiger partial charge < -0.3 is 14.7 Å². The second-order valence-electron chi connectivity index (χ2n) is 15.3. The Kier molecular flexibility index (Phi) is 10.1. The Morgan fingerprint density at radius 1 is 1.00 bits per heavy atom. The lowest BCUT2D eigenvalue weighted by atomic mass is 9.75. The summed E-state index contributed by atoms with van der Waals surface area (Å²) < 4.78 is 0. The summed E-state index contributed by atoms with van der Waals surface area (Å²) in [5.74, 6) is 0.137. The van der Waals surface area contributed by atoms with Crippen molar-refractivity contribution in [2.45, 2.75) is 110 Å². The molecule has 1 aromatic carbocycles. The smallest absolute Gasteiger partial charge is 0.228 e. The van der Waals surface area contributed by atoms with Crippen molar-refractivity contribution in [2.75, 3.05) is 33.7 Å². The van der Waals surface area contributed by atoms with E-state index in [2.05, 4.69) is 56.6 Å². The minimum Gasteiger partial charge on any atom is -0.371 e. The monoisotopic (exact) mass is 616 g/mol. The van der Waals surface area contributed by atoms with Gasteiger partial charge in [0.25, 0.3) is 0 Å². The Balaban J connectivity index is 1.67. The molecule has 3 aliphatic rings. The lowest BCUT2D eigenvalue weighted by molar-refractivity contribution is -0.142. The quantitative estimate of drug-likeness (QED) is 0.343. The first kappa shape index (κ1) is 33.2. The molecule has 1 saturated carbocycles. The molecular weight excluding hydrogens is 564 g/mol. The predicted octanol–water partition coefficient (Wildman–Crippen LogP) is 6.47. The van der Waals surface area contributed by atoms with Gasteiger partial charge in [-0.25, -0.2) is 0 Å². The summed E-state index contributed by atoms with van der Waals surface area (Å²) in [4.78, 5) is 37.9. The molecule has 0 bridgehead atoms. The van der Waals surface area contributed by atoms with Crippen LogP contribution in [0.25, 0.3) is 0 Å². The first-order valence-corrected chi connectivity index (χ1v) is 16.6. The van der Waals surface area contributed by atoms with Crippen molar-refractivity contribution in [3.05, 3.63) is 34.9 Å². The van der Waals surface area contributed by atoms with Gasteiger partial charge in [0.15, 0.2) is 0 Å². The molecule has 4 atom stereocenters. The molecule has 4 rings (SSSR count). The first-order chi connectivity index (χ1) is 19.5. The van der Waals surface area contributed by atoms with Crippen LogP contribution in [0.4, 0.5) is 0 Å². The number of likely N-dealkylation sites (N-methyl/N-ethyl adjacent to an activating group) is 1. The van der Waals surface area contributed by atoms with Crippen molar-refractivity contribution in [1.82, 2.24) is 19.6 Å². The second kappa shape index (κ2) is 12.7. The van der Waals surface area contributed by atoms with Gasteiger partial charge in [0, 0.05) is 62.2 Å². The standard InChI is InChI=1S/C34H53ClN4O2S/c1-22(2)30(40)39(25-14-16-34(6,7)17-15-25)26-18-29(32(42)36(8)9)38(19-26)31(41)28-21-37(33(3,4)5)20-27(28)23-10-12-24(35)13-11-23/h10-13,22,25-29H,14-21H2,1-9H3/t26-,27+,28?,29-/m0/s1. The molecule has 3 fully saturated rings. The number of halogens is 1. The number of rotatable bonds is 6. The average Bonchev–Trinajstić information content (AvgIpc) is 3.55. The van der Waals surface area contributed by atoms with Crippen LogP contribution in [-0.2, 0) is 9.59 Å². The van der Waals surface area contributed by atoms with Crippen LogP contribution >= 0.6 is 23.8 Å². The van der Waals surface area contributed by atoms with Crippen molar-refractivity contribution < 1.29 is 9.59 Å². The second-order valence-corrected chi connectivity index (χ2v) is 16.1. The van der Waals surface area contributed by atoms with E-state index >= 15 is 0 Å². The van der Waals surface area contributed by atoms with Crippen LogP contribution in [0.15, 0.2) is 24.3 Å². The minimum absolute atomic E-state index is 0.0351. The molecule has 8 heteroatoms. The largest absolute Gasteiger partial charge is 0.371 e. The molecule has 0 aromatic heterocycles. The highest BCUT2D eigenvalue weighted by Crippen LogP contribution is 2.42. The molecule has 2 saturated heterocycles. The van der Waals surface area contributed by atoms with E-state index in [0.717, 1.165) is 42.8 Å². The van der Waals surface area contributed by atoms with Crippen LogP contribution in [0, 0.1) is 17.3 Å². The summed E-state index contributed by atoms with van der Waals surface area (Å²) in [6.45, 7) is 17.4. The SMILES string of the molecule is CC(C)C(=O)N(C1CCC(C)(C)CC1)[C@H]1C[C@@H](C(=S)N(C)C)N(C(=O)C2CN(C(C)(C)C)C[C@@H]2c2ccc(Cl)cc2)C1. The molecule has 0 radical (unpaired) electrons. The molecule has 2 amide bonds. The number of hydrogen-bond donors (Lipinski definition) is 0. The summed E-state index contributed by atoms with van der Waals surface area (Å²) in [6.07, 6.45) is 4.95. The van der Waals surface area contributed by atoms with Gasteiger partial charge in [-0.1, -0.05) is 63.6 Å². The Morgan fingerprint density at radius 3 is 2.12 bits per heavy atom. The number of carbonyl (C=O) groups excluding carboxylic acids is 2. The third kappa shape index (κ3) is 7.15. The number of benzene rings is 1. The van der Waals surface area contributed by atoms with Gasteiger partial charge in [-0.15, -0.1) is 0 Å². The van der Waals surface area contributed by atoms with Crippen molar-refractivity contribution in [3.8, 4) is 0 Å². The molecular formula is C34H53ClN4O2S. The lowest BCUT2D eigenvalue weighted by Gasteiger charge is -2.43. The van der Waals surface area contributed by atoms with E-state index < -0.39 is 0 Å². The molecule has 1 aliphatic carbocycles. The maximum absolute atomic E-state index is 14.7. The van der Waals surface area contributed by atoms with E-state index in [9.17, 15) is 9.59 Å². The molecule has 6 nitrogen and oxygen atoms in total. The lowest BCUT2D eigenvalue weighted by Crippen LogP contribution is -2.52. The van der Waals surface area contributed by atoms with Gasteiger partial charge in [-0.2, -0.15) is 0 Å². The molecule has 0 N–H and O–H groups in total. The van der Waals surface area contributed by atoms with E-state index in [0.29, 0.717) is 29.9 Å². The van der Waals surface area contributed by atoms with Gasteiger partial charge >= 0.3 is 0 Å². The summed E-state index contributed by atoms with van der Waals surface area (Å²) in [7, 11) is 3.93. The normalized spacial score (nSPS) is 27.0. The van der Waals surface area contributed by atoms with Crippen LogP contribution in [0.3, 0.4) is 0 Å². The molecule has 234 valence electrons. The van der Waals surface area contributed by atoms with Crippen LogP contribution in [0.1, 0.15) is 92.1 Å². The minimum atomic E-state index is -0.204. The zero-order valence-corrected chi connectivity index (χ0v) is 28.9. The summed E-state index contributed by atoms with van der Waals surface area (Å²) >= 11 is 12.2. The highest BCUT2D eigenvalue weighted by atomic mass is 35.5. The number of amides is 2. The van der Waals surface area contributed by atoms with Gasteiger partial charge in [0.05, 0.1) is 18.0 Å². The fourth-order valence-corrected chi connectivity index (χ4v) is 7.62. The molecule has 1 unspecified atom stereocenters. The number of thiocarbonyl (C=S) groups is 1. The van der Waals surface area contributed by atoms with E-state index in [1.165, 1.54) is 0 Å². The van der Waals surface area contributed by atoms with Crippen molar-refractivity contribution >= 4 is 40.6 Å². The van der Waals surface area contributed by atoms with E-state index in [-0.39, 0.29) is 53.2 Å². The number of hydrogen-bond acceptors (Lipinski definition) is 4. The highest BCUT2D eigenvalue weighted by molar-refractivity contribution is 7.80. The van der Waals surface area contributed by atoms with Gasteiger partial charge in [-0.3, -0.25) is 14.5 Å². The Bertz CT molecular complexity index is 1140. The zero-order valence-electron chi connectivity index (χ0n) is 27.3. The summed E-state index contributed by atoms with van der Waals surface area (Å²) in [5, 5.41) is 0.701. The van der Waals surface area contributed by atoms with Crippen LogP contribution in [0.2, 0.25) is 5.02 Å². The van der Waals surface area contributed by atoms with Crippen LogP contribution < -0.4 is 0 Å². The molecule has 1 aromatic rings. The van der Waals surface area contributed by atoms with Crippen LogP contribution in [-0.4, -0.2) is 93.8 Å². The number of nitrogens with zero attached hydrogens (tertiary/aromatic N) is 4. The molecule has 42 heavy (non-hydrogen) atoms. The van der Waals surface area contributed by atoms with Crippen molar-refractivity contribution in [1.29, 1.82) is 0 Å². The highest BCUT2D eigenvalue weighted by Gasteiger charge is 2.50. The maximum atomic E-state index is 14.7.